The maximum absolute atomic E-state index is 6.15. The van der Waals surface area contributed by atoms with Crippen molar-refractivity contribution in [2.75, 3.05) is 19.7 Å². The Morgan fingerprint density at radius 2 is 1.87 bits per heavy atom. The van der Waals surface area contributed by atoms with Crippen molar-refractivity contribution < 1.29 is 4.74 Å². The summed E-state index contributed by atoms with van der Waals surface area (Å²) in [5.41, 5.74) is 4.72. The molecular weight excluding hydrogens is 372 g/mol. The number of fused-ring (bicyclic) bond motifs is 2. The van der Waals surface area contributed by atoms with E-state index in [1.165, 1.54) is 56.3 Å². The summed E-state index contributed by atoms with van der Waals surface area (Å²) in [7, 11) is 0. The Labute approximate surface area is 177 Å². The van der Waals surface area contributed by atoms with Crippen LogP contribution in [0.4, 0.5) is 0 Å². The average Bonchev–Trinajstić information content (AvgIpc) is 3.17. The van der Waals surface area contributed by atoms with E-state index >= 15 is 0 Å². The Morgan fingerprint density at radius 1 is 1.10 bits per heavy atom. The summed E-state index contributed by atoms with van der Waals surface area (Å²) < 4.78 is 6.15. The van der Waals surface area contributed by atoms with Crippen molar-refractivity contribution in [2.24, 2.45) is 5.92 Å². The van der Waals surface area contributed by atoms with E-state index in [0.29, 0.717) is 18.5 Å². The molecule has 0 radical (unpaired) electrons. The maximum Gasteiger partial charge on any atom is 0.316 e. The zero-order valence-corrected chi connectivity index (χ0v) is 17.6. The maximum atomic E-state index is 6.15. The summed E-state index contributed by atoms with van der Waals surface area (Å²) in [4.78, 5) is 16.5. The van der Waals surface area contributed by atoms with Gasteiger partial charge in [-0.3, -0.25) is 9.88 Å². The van der Waals surface area contributed by atoms with Gasteiger partial charge in [-0.2, -0.15) is 4.98 Å². The van der Waals surface area contributed by atoms with Gasteiger partial charge in [0.25, 0.3) is 0 Å². The molecule has 0 N–H and O–H groups in total. The van der Waals surface area contributed by atoms with Gasteiger partial charge in [-0.05, 0) is 68.7 Å². The molecule has 3 aromatic rings. The van der Waals surface area contributed by atoms with Gasteiger partial charge in [0.2, 0.25) is 0 Å². The molecule has 1 saturated carbocycles. The van der Waals surface area contributed by atoms with Gasteiger partial charge in [-0.25, -0.2) is 4.98 Å². The highest BCUT2D eigenvalue weighted by Crippen LogP contribution is 2.49. The van der Waals surface area contributed by atoms with Gasteiger partial charge in [0.05, 0.1) is 16.7 Å². The molecule has 2 saturated heterocycles. The summed E-state index contributed by atoms with van der Waals surface area (Å²) >= 11 is 0. The highest BCUT2D eigenvalue weighted by Gasteiger charge is 2.45. The molecule has 1 aromatic carbocycles. The fourth-order valence-electron chi connectivity index (χ4n) is 5.59. The topological polar surface area (TPSA) is 51.1 Å². The van der Waals surface area contributed by atoms with Crippen LogP contribution in [0.3, 0.4) is 0 Å². The second-order valence-electron chi connectivity index (χ2n) is 9.39. The molecule has 2 aliphatic heterocycles. The smallest absolute Gasteiger partial charge is 0.316 e. The molecule has 154 valence electrons. The minimum Gasteiger partial charge on any atom is -0.461 e. The van der Waals surface area contributed by atoms with E-state index < -0.39 is 0 Å². The van der Waals surface area contributed by atoms with Gasteiger partial charge < -0.3 is 4.74 Å². The Hall–Kier alpha value is -2.53. The molecule has 5 heteroatoms. The van der Waals surface area contributed by atoms with Gasteiger partial charge in [0.1, 0.15) is 6.61 Å². The second-order valence-corrected chi connectivity index (χ2v) is 9.39. The van der Waals surface area contributed by atoms with E-state index in [1.54, 1.807) is 0 Å². The zero-order chi connectivity index (χ0) is 20.1. The third-order valence-electron chi connectivity index (χ3n) is 7.47. The van der Waals surface area contributed by atoms with E-state index in [9.17, 15) is 0 Å². The van der Waals surface area contributed by atoms with Crippen LogP contribution in [0.15, 0.2) is 42.7 Å². The number of ether oxygens (including phenoxy) is 1. The molecule has 1 aliphatic carbocycles. The first-order chi connectivity index (χ1) is 14.7. The van der Waals surface area contributed by atoms with Crippen LogP contribution in [0.25, 0.3) is 22.2 Å². The lowest BCUT2D eigenvalue weighted by Gasteiger charge is -2.31. The molecule has 3 fully saturated rings. The largest absolute Gasteiger partial charge is 0.461 e. The number of hydrogen-bond donors (Lipinski definition) is 0. The van der Waals surface area contributed by atoms with E-state index in [2.05, 4.69) is 47.1 Å². The van der Waals surface area contributed by atoms with Crippen molar-refractivity contribution in [3.63, 3.8) is 0 Å². The predicted molar refractivity (Wildman–Crippen MR) is 118 cm³/mol. The van der Waals surface area contributed by atoms with Crippen molar-refractivity contribution in [3.8, 4) is 17.3 Å². The number of aromatic nitrogens is 3. The van der Waals surface area contributed by atoms with E-state index in [-0.39, 0.29) is 5.54 Å². The fraction of sp³-hybridized carbons (Fsp3) is 0.480. The molecule has 6 rings (SSSR count). The average molecular weight is 401 g/mol. The summed E-state index contributed by atoms with van der Waals surface area (Å²) in [6.07, 6.45) is 9.99. The highest BCUT2D eigenvalue weighted by molar-refractivity contribution is 5.82. The van der Waals surface area contributed by atoms with Crippen molar-refractivity contribution in [1.29, 1.82) is 0 Å². The van der Waals surface area contributed by atoms with Crippen LogP contribution < -0.4 is 4.74 Å². The van der Waals surface area contributed by atoms with Gasteiger partial charge in [0, 0.05) is 23.3 Å². The Bertz CT molecular complexity index is 1090. The molecule has 4 heterocycles. The zero-order valence-electron chi connectivity index (χ0n) is 17.6. The lowest BCUT2D eigenvalue weighted by atomic mass is 9.95. The van der Waals surface area contributed by atoms with E-state index in [1.807, 2.05) is 12.4 Å². The van der Waals surface area contributed by atoms with E-state index in [4.69, 9.17) is 14.7 Å². The quantitative estimate of drug-likeness (QED) is 0.614. The molecule has 2 aromatic heterocycles. The van der Waals surface area contributed by atoms with Crippen LogP contribution in [-0.4, -0.2) is 45.1 Å². The lowest BCUT2D eigenvalue weighted by Crippen LogP contribution is -2.43. The predicted octanol–water partition coefficient (Wildman–Crippen LogP) is 4.82. The molecule has 0 bridgehead atoms. The Balaban J connectivity index is 1.29. The monoisotopic (exact) mass is 400 g/mol. The minimum atomic E-state index is 0.210. The van der Waals surface area contributed by atoms with Gasteiger partial charge in [-0.1, -0.05) is 31.2 Å². The van der Waals surface area contributed by atoms with Crippen molar-refractivity contribution in [2.45, 2.75) is 50.5 Å². The van der Waals surface area contributed by atoms with Crippen LogP contribution in [0.5, 0.6) is 6.01 Å². The SMILES string of the molecule is C[C@H]1C[C@H]1c1ccccc1-c1cc2nc(OCC34CCCN3CCC4)ncc2cn1. The normalized spacial score (nSPS) is 24.8. The number of hydrogen-bond acceptors (Lipinski definition) is 5. The van der Waals surface area contributed by atoms with Crippen LogP contribution in [-0.2, 0) is 0 Å². The van der Waals surface area contributed by atoms with Crippen molar-refractivity contribution in [3.05, 3.63) is 48.3 Å². The summed E-state index contributed by atoms with van der Waals surface area (Å²) in [5.74, 6) is 1.42. The second kappa shape index (κ2) is 7.02. The third-order valence-corrected chi connectivity index (χ3v) is 7.47. The molecule has 0 amide bonds. The standard InChI is InChI=1S/C25H28N4O/c1-17-12-21(17)19-6-2-3-7-20(19)23-13-22-18(14-26-23)15-27-24(28-22)30-16-25-8-4-10-29(25)11-5-9-25/h2-3,6-7,13-15,17,21H,4-5,8-12,16H2,1H3/t17-,21+/m0/s1. The summed E-state index contributed by atoms with van der Waals surface area (Å²) in [5, 5.41) is 0.949. The van der Waals surface area contributed by atoms with Crippen LogP contribution in [0.2, 0.25) is 0 Å². The van der Waals surface area contributed by atoms with Crippen LogP contribution in [0, 0.1) is 5.92 Å². The molecule has 2 atom stereocenters. The Kier molecular flexibility index (Phi) is 4.27. The fourth-order valence-corrected chi connectivity index (χ4v) is 5.59. The molecule has 3 aliphatic rings. The van der Waals surface area contributed by atoms with Gasteiger partial charge in [-0.15, -0.1) is 0 Å². The van der Waals surface area contributed by atoms with Crippen molar-refractivity contribution >= 4 is 10.9 Å². The molecule has 30 heavy (non-hydrogen) atoms. The number of nitrogens with zero attached hydrogens (tertiary/aromatic N) is 4. The summed E-state index contributed by atoms with van der Waals surface area (Å²) in [6.45, 7) is 5.42. The van der Waals surface area contributed by atoms with E-state index in [0.717, 1.165) is 22.5 Å². The molecule has 5 nitrogen and oxygen atoms in total. The molecular formula is C25H28N4O. The van der Waals surface area contributed by atoms with Crippen molar-refractivity contribution in [1.82, 2.24) is 19.9 Å². The first kappa shape index (κ1) is 18.3. The Morgan fingerprint density at radius 3 is 2.67 bits per heavy atom. The molecule has 0 spiro atoms. The third kappa shape index (κ3) is 3.07. The highest BCUT2D eigenvalue weighted by atomic mass is 16.5. The summed E-state index contributed by atoms with van der Waals surface area (Å²) in [6, 6.07) is 11.2. The minimum absolute atomic E-state index is 0.210. The van der Waals surface area contributed by atoms with Gasteiger partial charge >= 0.3 is 6.01 Å². The number of rotatable bonds is 5. The number of benzene rings is 1. The van der Waals surface area contributed by atoms with Gasteiger partial charge in [0.15, 0.2) is 0 Å². The molecule has 0 unspecified atom stereocenters. The first-order valence-electron chi connectivity index (χ1n) is 11.3. The van der Waals surface area contributed by atoms with Crippen LogP contribution in [0.1, 0.15) is 50.5 Å². The number of pyridine rings is 1. The first-order valence-corrected chi connectivity index (χ1v) is 11.3. The van der Waals surface area contributed by atoms with Crippen LogP contribution >= 0.6 is 0 Å². The lowest BCUT2D eigenvalue weighted by molar-refractivity contribution is 0.108.